The summed E-state index contributed by atoms with van der Waals surface area (Å²) in [6.07, 6.45) is 1.03. The van der Waals surface area contributed by atoms with Crippen LogP contribution < -0.4 is 9.62 Å². The van der Waals surface area contributed by atoms with E-state index in [-0.39, 0.29) is 5.91 Å². The number of nitrogens with one attached hydrogen (secondary N) is 1. The number of sulfonamides is 1. The lowest BCUT2D eigenvalue weighted by Crippen LogP contribution is -2.67. The third-order valence-electron chi connectivity index (χ3n) is 3.49. The van der Waals surface area contributed by atoms with Crippen LogP contribution >= 0.6 is 0 Å². The SMILES string of the molecule is CCCNCc1cccc(N2C(=O)C(C)(C)S2(=O)=O)c1. The third kappa shape index (κ3) is 2.23. The molecule has 0 bridgehead atoms. The Labute approximate surface area is 120 Å². The molecule has 1 aromatic rings. The van der Waals surface area contributed by atoms with Gasteiger partial charge in [0.2, 0.25) is 0 Å². The molecule has 0 saturated carbocycles. The number of anilines is 1. The van der Waals surface area contributed by atoms with Crippen LogP contribution in [0.4, 0.5) is 5.69 Å². The van der Waals surface area contributed by atoms with Crippen molar-refractivity contribution in [2.75, 3.05) is 10.8 Å². The molecule has 0 spiro atoms. The van der Waals surface area contributed by atoms with Crippen molar-refractivity contribution in [3.8, 4) is 0 Å². The number of benzene rings is 1. The highest BCUT2D eigenvalue weighted by atomic mass is 32.2. The van der Waals surface area contributed by atoms with E-state index in [0.29, 0.717) is 12.2 Å². The number of hydrogen-bond donors (Lipinski definition) is 1. The largest absolute Gasteiger partial charge is 0.313 e. The summed E-state index contributed by atoms with van der Waals surface area (Å²) in [5.41, 5.74) is 1.38. The highest BCUT2D eigenvalue weighted by Gasteiger charge is 2.60. The second-order valence-corrected chi connectivity index (χ2v) is 7.77. The van der Waals surface area contributed by atoms with Crippen LogP contribution in [0.2, 0.25) is 0 Å². The van der Waals surface area contributed by atoms with E-state index < -0.39 is 14.8 Å². The van der Waals surface area contributed by atoms with Crippen LogP contribution in [0, 0.1) is 0 Å². The minimum absolute atomic E-state index is 0.379. The Hall–Kier alpha value is -1.40. The van der Waals surface area contributed by atoms with Crippen molar-refractivity contribution < 1.29 is 13.2 Å². The van der Waals surface area contributed by atoms with Crippen LogP contribution in [-0.4, -0.2) is 25.6 Å². The fourth-order valence-corrected chi connectivity index (χ4v) is 3.59. The lowest BCUT2D eigenvalue weighted by molar-refractivity contribution is -0.120. The zero-order valence-electron chi connectivity index (χ0n) is 12.0. The van der Waals surface area contributed by atoms with Gasteiger partial charge in [-0.1, -0.05) is 19.1 Å². The van der Waals surface area contributed by atoms with E-state index in [1.165, 1.54) is 13.8 Å². The van der Waals surface area contributed by atoms with Gasteiger partial charge in [-0.3, -0.25) is 4.79 Å². The van der Waals surface area contributed by atoms with Gasteiger partial charge in [0.1, 0.15) is 0 Å². The highest BCUT2D eigenvalue weighted by Crippen LogP contribution is 2.39. The van der Waals surface area contributed by atoms with E-state index in [2.05, 4.69) is 12.2 Å². The van der Waals surface area contributed by atoms with Gasteiger partial charge in [0, 0.05) is 6.54 Å². The molecule has 5 nitrogen and oxygen atoms in total. The molecule has 0 aromatic heterocycles. The van der Waals surface area contributed by atoms with E-state index in [9.17, 15) is 13.2 Å². The van der Waals surface area contributed by atoms with Crippen LogP contribution in [0.5, 0.6) is 0 Å². The first kappa shape index (κ1) is 15.0. The number of amides is 1. The van der Waals surface area contributed by atoms with Crippen LogP contribution in [0.1, 0.15) is 32.8 Å². The molecule has 1 fully saturated rings. The van der Waals surface area contributed by atoms with Gasteiger partial charge in [-0.2, -0.15) is 0 Å². The lowest BCUT2D eigenvalue weighted by atomic mass is 10.1. The maximum Gasteiger partial charge on any atom is 0.263 e. The molecule has 1 amide bonds. The lowest BCUT2D eigenvalue weighted by Gasteiger charge is -2.42. The van der Waals surface area contributed by atoms with Crippen molar-refractivity contribution in [3.05, 3.63) is 29.8 Å². The molecular formula is C14H20N2O3S. The molecule has 1 aliphatic rings. The van der Waals surface area contributed by atoms with Crippen LogP contribution in [0.3, 0.4) is 0 Å². The molecule has 2 rings (SSSR count). The molecule has 0 unspecified atom stereocenters. The monoisotopic (exact) mass is 296 g/mol. The molecule has 1 N–H and O–H groups in total. The molecule has 0 aliphatic carbocycles. The standard InChI is InChI=1S/C14H20N2O3S/c1-4-8-15-10-11-6-5-7-12(9-11)16-13(17)14(2,3)20(16,18)19/h5-7,9,15H,4,8,10H2,1-3H3. The Bertz CT molecular complexity index is 623. The summed E-state index contributed by atoms with van der Waals surface area (Å²) in [4.78, 5) is 12.0. The molecule has 6 heteroatoms. The van der Waals surface area contributed by atoms with E-state index in [1.54, 1.807) is 18.2 Å². The number of rotatable bonds is 5. The average Bonchev–Trinajstić information content (AvgIpc) is 2.39. The van der Waals surface area contributed by atoms with Gasteiger partial charge >= 0.3 is 0 Å². The second kappa shape index (κ2) is 5.18. The van der Waals surface area contributed by atoms with Crippen LogP contribution in [-0.2, 0) is 21.4 Å². The summed E-state index contributed by atoms with van der Waals surface area (Å²) < 4.78 is 23.9. The minimum Gasteiger partial charge on any atom is -0.313 e. The number of carbonyl (C=O) groups excluding carboxylic acids is 1. The van der Waals surface area contributed by atoms with Crippen molar-refractivity contribution in [2.45, 2.75) is 38.5 Å². The Morgan fingerprint density at radius 1 is 1.30 bits per heavy atom. The summed E-state index contributed by atoms with van der Waals surface area (Å²) in [6.45, 7) is 6.52. The van der Waals surface area contributed by atoms with Crippen molar-refractivity contribution in [1.29, 1.82) is 0 Å². The number of hydrogen-bond acceptors (Lipinski definition) is 4. The molecule has 1 aromatic carbocycles. The summed E-state index contributed by atoms with van der Waals surface area (Å²) in [6, 6.07) is 7.07. The minimum atomic E-state index is -3.58. The Balaban J connectivity index is 2.23. The van der Waals surface area contributed by atoms with Crippen molar-refractivity contribution in [2.24, 2.45) is 0 Å². The summed E-state index contributed by atoms with van der Waals surface area (Å²) in [5.74, 6) is -0.379. The maximum atomic E-state index is 12.1. The van der Waals surface area contributed by atoms with Crippen LogP contribution in [0.25, 0.3) is 0 Å². The van der Waals surface area contributed by atoms with Gasteiger partial charge in [-0.05, 0) is 44.5 Å². The fourth-order valence-electron chi connectivity index (χ4n) is 2.11. The molecular weight excluding hydrogens is 276 g/mol. The normalized spacial score (nSPS) is 19.8. The molecule has 1 aliphatic heterocycles. The molecule has 0 atom stereocenters. The van der Waals surface area contributed by atoms with Gasteiger partial charge in [0.05, 0.1) is 5.69 Å². The summed E-state index contributed by atoms with van der Waals surface area (Å²) in [5, 5.41) is 3.25. The quantitative estimate of drug-likeness (QED) is 0.839. The third-order valence-corrected chi connectivity index (χ3v) is 5.81. The van der Waals surface area contributed by atoms with Gasteiger partial charge in [-0.25, -0.2) is 12.7 Å². The summed E-state index contributed by atoms with van der Waals surface area (Å²) >= 11 is 0. The van der Waals surface area contributed by atoms with E-state index in [0.717, 1.165) is 22.8 Å². The van der Waals surface area contributed by atoms with Gasteiger partial charge in [-0.15, -0.1) is 0 Å². The molecule has 110 valence electrons. The van der Waals surface area contributed by atoms with Crippen LogP contribution in [0.15, 0.2) is 24.3 Å². The molecule has 0 radical (unpaired) electrons. The van der Waals surface area contributed by atoms with Crippen molar-refractivity contribution >= 4 is 21.6 Å². The predicted octanol–water partition coefficient (Wildman–Crippen LogP) is 1.64. The zero-order valence-corrected chi connectivity index (χ0v) is 12.8. The predicted molar refractivity (Wildman–Crippen MR) is 78.9 cm³/mol. The van der Waals surface area contributed by atoms with E-state index in [4.69, 9.17) is 0 Å². The highest BCUT2D eigenvalue weighted by molar-refractivity contribution is 7.98. The Morgan fingerprint density at radius 3 is 2.60 bits per heavy atom. The molecule has 20 heavy (non-hydrogen) atoms. The fraction of sp³-hybridized carbons (Fsp3) is 0.500. The average molecular weight is 296 g/mol. The first-order chi connectivity index (χ1) is 9.32. The first-order valence-electron chi connectivity index (χ1n) is 6.71. The van der Waals surface area contributed by atoms with Gasteiger partial charge in [0.15, 0.2) is 4.75 Å². The summed E-state index contributed by atoms with van der Waals surface area (Å²) in [7, 11) is -3.58. The first-order valence-corrected chi connectivity index (χ1v) is 8.15. The zero-order chi connectivity index (χ0) is 15.0. The number of carbonyl (C=O) groups is 1. The Morgan fingerprint density at radius 2 is 2.00 bits per heavy atom. The van der Waals surface area contributed by atoms with Crippen molar-refractivity contribution in [1.82, 2.24) is 5.32 Å². The number of nitrogens with zero attached hydrogens (tertiary/aromatic N) is 1. The maximum absolute atomic E-state index is 12.1. The van der Waals surface area contributed by atoms with Crippen molar-refractivity contribution in [3.63, 3.8) is 0 Å². The topological polar surface area (TPSA) is 66.5 Å². The molecule has 1 heterocycles. The van der Waals surface area contributed by atoms with E-state index >= 15 is 0 Å². The smallest absolute Gasteiger partial charge is 0.263 e. The van der Waals surface area contributed by atoms with E-state index in [1.807, 2.05) is 6.07 Å². The van der Waals surface area contributed by atoms with Gasteiger partial charge in [0.25, 0.3) is 15.9 Å². The molecule has 1 saturated heterocycles. The second-order valence-electron chi connectivity index (χ2n) is 5.43. The Kier molecular flexibility index (Phi) is 3.88. The van der Waals surface area contributed by atoms with Gasteiger partial charge < -0.3 is 5.32 Å².